The number of nitrogens with one attached hydrogen (secondary N) is 2. The molecule has 0 amide bonds. The van der Waals surface area contributed by atoms with Crippen molar-refractivity contribution in [3.63, 3.8) is 0 Å². The first-order valence-electron chi connectivity index (χ1n) is 7.33. The fraction of sp³-hybridized carbons (Fsp3) is 0.333. The first kappa shape index (κ1) is 16.5. The Bertz CT molecular complexity index is 661. The van der Waals surface area contributed by atoms with E-state index in [-0.39, 0.29) is 17.5 Å². The lowest BCUT2D eigenvalue weighted by atomic mass is 10.3. The fourth-order valence-electron chi connectivity index (χ4n) is 1.85. The third kappa shape index (κ3) is 4.53. The molecule has 0 saturated carbocycles. The Morgan fingerprint density at radius 3 is 2.65 bits per heavy atom. The zero-order valence-electron chi connectivity index (χ0n) is 13.1. The molecule has 0 fully saturated rings. The normalized spacial score (nSPS) is 10.2. The van der Waals surface area contributed by atoms with Crippen LogP contribution in [0.2, 0.25) is 0 Å². The van der Waals surface area contributed by atoms with Crippen LogP contribution < -0.4 is 15.4 Å². The van der Waals surface area contributed by atoms with E-state index in [9.17, 15) is 10.1 Å². The molecule has 8 nitrogen and oxygen atoms in total. The number of hydrogen-bond donors (Lipinski definition) is 2. The van der Waals surface area contributed by atoms with Crippen molar-refractivity contribution >= 4 is 23.1 Å². The second-order valence-electron chi connectivity index (χ2n) is 4.79. The smallest absolute Gasteiger partial charge is 0.329 e. The number of hydrogen-bond acceptors (Lipinski definition) is 7. The minimum Gasteiger partial charge on any atom is -0.494 e. The average molecular weight is 317 g/mol. The highest BCUT2D eigenvalue weighted by atomic mass is 16.6. The summed E-state index contributed by atoms with van der Waals surface area (Å²) in [7, 11) is 1.57. The lowest BCUT2D eigenvalue weighted by molar-refractivity contribution is -0.384. The number of unbranched alkanes of at least 4 members (excludes halogenated alkanes) is 1. The summed E-state index contributed by atoms with van der Waals surface area (Å²) in [4.78, 5) is 18.4. The van der Waals surface area contributed by atoms with Crippen molar-refractivity contribution in [3.8, 4) is 5.75 Å². The highest BCUT2D eigenvalue weighted by Crippen LogP contribution is 2.23. The van der Waals surface area contributed by atoms with Crippen LogP contribution in [0.1, 0.15) is 19.8 Å². The monoisotopic (exact) mass is 317 g/mol. The molecule has 0 aliphatic rings. The van der Waals surface area contributed by atoms with Gasteiger partial charge in [-0.05, 0) is 30.7 Å². The van der Waals surface area contributed by atoms with E-state index in [1.54, 1.807) is 7.05 Å². The van der Waals surface area contributed by atoms with Crippen molar-refractivity contribution in [2.75, 3.05) is 24.3 Å². The van der Waals surface area contributed by atoms with E-state index in [4.69, 9.17) is 4.74 Å². The van der Waals surface area contributed by atoms with Crippen molar-refractivity contribution in [2.24, 2.45) is 0 Å². The second-order valence-corrected chi connectivity index (χ2v) is 4.79. The molecule has 2 aromatic rings. The number of benzene rings is 1. The summed E-state index contributed by atoms with van der Waals surface area (Å²) >= 11 is 0. The van der Waals surface area contributed by atoms with Crippen LogP contribution >= 0.6 is 0 Å². The summed E-state index contributed by atoms with van der Waals surface area (Å²) in [6, 6.07) is 7.38. The number of ether oxygens (including phenoxy) is 1. The predicted octanol–water partition coefficient (Wildman–Crippen LogP) is 3.35. The molecule has 0 aliphatic carbocycles. The van der Waals surface area contributed by atoms with Gasteiger partial charge in [-0.15, -0.1) is 0 Å². The standard InChI is InChI=1S/C15H19N5O3/c1-3-4-9-23-12-7-5-11(6-8-12)18-15-17-10-13(20(21)22)14(16-2)19-15/h5-8,10H,3-4,9H2,1-2H3,(H2,16,17,18,19). The van der Waals surface area contributed by atoms with Crippen LogP contribution in [0.15, 0.2) is 30.5 Å². The Labute approximate surface area is 134 Å². The lowest BCUT2D eigenvalue weighted by Crippen LogP contribution is -2.04. The van der Waals surface area contributed by atoms with Gasteiger partial charge < -0.3 is 15.4 Å². The third-order valence-corrected chi connectivity index (χ3v) is 3.08. The molecule has 0 spiro atoms. The minimum absolute atomic E-state index is 0.159. The number of anilines is 3. The zero-order chi connectivity index (χ0) is 16.7. The van der Waals surface area contributed by atoms with Gasteiger partial charge in [0, 0.05) is 12.7 Å². The molecule has 23 heavy (non-hydrogen) atoms. The molecule has 0 atom stereocenters. The van der Waals surface area contributed by atoms with Crippen LogP contribution in [0.5, 0.6) is 5.75 Å². The van der Waals surface area contributed by atoms with Gasteiger partial charge in [0.05, 0.1) is 11.5 Å². The van der Waals surface area contributed by atoms with Crippen molar-refractivity contribution in [1.29, 1.82) is 0 Å². The summed E-state index contributed by atoms with van der Waals surface area (Å²) in [6.07, 6.45) is 3.28. The van der Waals surface area contributed by atoms with E-state index in [1.807, 2.05) is 24.3 Å². The molecular weight excluding hydrogens is 298 g/mol. The molecule has 1 aromatic heterocycles. The van der Waals surface area contributed by atoms with E-state index in [1.165, 1.54) is 6.20 Å². The maximum Gasteiger partial charge on any atom is 0.329 e. The van der Waals surface area contributed by atoms with Gasteiger partial charge in [-0.1, -0.05) is 13.3 Å². The average Bonchev–Trinajstić information content (AvgIpc) is 2.56. The maximum atomic E-state index is 10.8. The van der Waals surface area contributed by atoms with Crippen LogP contribution in [0.4, 0.5) is 23.1 Å². The zero-order valence-corrected chi connectivity index (χ0v) is 13.1. The van der Waals surface area contributed by atoms with Crippen LogP contribution in [-0.2, 0) is 0 Å². The first-order valence-corrected chi connectivity index (χ1v) is 7.33. The van der Waals surface area contributed by atoms with Gasteiger partial charge in [-0.25, -0.2) is 4.98 Å². The van der Waals surface area contributed by atoms with Gasteiger partial charge in [0.25, 0.3) is 0 Å². The highest BCUT2D eigenvalue weighted by molar-refractivity contribution is 5.60. The first-order chi connectivity index (χ1) is 11.1. The molecule has 0 aliphatic heterocycles. The van der Waals surface area contributed by atoms with Crippen LogP contribution in [0.25, 0.3) is 0 Å². The van der Waals surface area contributed by atoms with E-state index in [0.717, 1.165) is 24.3 Å². The summed E-state index contributed by atoms with van der Waals surface area (Å²) in [6.45, 7) is 2.81. The maximum absolute atomic E-state index is 10.8. The van der Waals surface area contributed by atoms with E-state index in [0.29, 0.717) is 6.61 Å². The topological polar surface area (TPSA) is 102 Å². The molecule has 0 radical (unpaired) electrons. The van der Waals surface area contributed by atoms with Gasteiger partial charge in [0.2, 0.25) is 11.8 Å². The van der Waals surface area contributed by atoms with Crippen molar-refractivity contribution in [2.45, 2.75) is 19.8 Å². The minimum atomic E-state index is -0.530. The Hall–Kier alpha value is -2.90. The van der Waals surface area contributed by atoms with Crippen LogP contribution in [0.3, 0.4) is 0 Å². The molecule has 122 valence electrons. The number of rotatable bonds is 8. The molecule has 0 saturated heterocycles. The van der Waals surface area contributed by atoms with Crippen molar-refractivity contribution in [1.82, 2.24) is 9.97 Å². The summed E-state index contributed by atoms with van der Waals surface area (Å²) < 4.78 is 5.59. The van der Waals surface area contributed by atoms with E-state index < -0.39 is 4.92 Å². The van der Waals surface area contributed by atoms with Crippen LogP contribution in [-0.4, -0.2) is 28.5 Å². The molecule has 1 aromatic carbocycles. The Morgan fingerprint density at radius 2 is 2.04 bits per heavy atom. The van der Waals surface area contributed by atoms with Gasteiger partial charge in [-0.2, -0.15) is 4.98 Å². The second kappa shape index (κ2) is 7.92. The summed E-state index contributed by atoms with van der Waals surface area (Å²) in [5.41, 5.74) is 0.599. The molecule has 8 heteroatoms. The summed E-state index contributed by atoms with van der Waals surface area (Å²) in [5.74, 6) is 1.23. The number of nitro groups is 1. The van der Waals surface area contributed by atoms with Crippen molar-refractivity contribution < 1.29 is 9.66 Å². The SMILES string of the molecule is CCCCOc1ccc(Nc2ncc([N+](=O)[O-])c(NC)n2)cc1. The third-order valence-electron chi connectivity index (χ3n) is 3.08. The van der Waals surface area contributed by atoms with Gasteiger partial charge in [0.1, 0.15) is 11.9 Å². The Kier molecular flexibility index (Phi) is 5.67. The van der Waals surface area contributed by atoms with Gasteiger partial charge in [-0.3, -0.25) is 10.1 Å². The largest absolute Gasteiger partial charge is 0.494 e. The highest BCUT2D eigenvalue weighted by Gasteiger charge is 2.15. The Morgan fingerprint density at radius 1 is 1.30 bits per heavy atom. The fourth-order valence-corrected chi connectivity index (χ4v) is 1.85. The molecule has 0 unspecified atom stereocenters. The predicted molar refractivity (Wildman–Crippen MR) is 88.4 cm³/mol. The summed E-state index contributed by atoms with van der Waals surface area (Å²) in [5, 5.41) is 16.5. The number of nitrogens with zero attached hydrogens (tertiary/aromatic N) is 3. The van der Waals surface area contributed by atoms with Gasteiger partial charge in [0.15, 0.2) is 0 Å². The van der Waals surface area contributed by atoms with Crippen LogP contribution in [0, 0.1) is 10.1 Å². The van der Waals surface area contributed by atoms with Gasteiger partial charge >= 0.3 is 5.69 Å². The molecule has 1 heterocycles. The molecule has 2 rings (SSSR count). The lowest BCUT2D eigenvalue weighted by Gasteiger charge is -2.08. The quantitative estimate of drug-likeness (QED) is 0.437. The molecule has 2 N–H and O–H groups in total. The van der Waals surface area contributed by atoms with E-state index >= 15 is 0 Å². The molecular formula is C15H19N5O3. The van der Waals surface area contributed by atoms with Crippen molar-refractivity contribution in [3.05, 3.63) is 40.6 Å². The molecule has 0 bridgehead atoms. The van der Waals surface area contributed by atoms with E-state index in [2.05, 4.69) is 27.5 Å². The number of aromatic nitrogens is 2. The Balaban J connectivity index is 2.05.